The van der Waals surface area contributed by atoms with Crippen LogP contribution in [-0.4, -0.2) is 16.4 Å². The number of carbonyl (C=O) groups is 1. The van der Waals surface area contributed by atoms with Crippen LogP contribution in [0.5, 0.6) is 0 Å². The monoisotopic (exact) mass is 294 g/mol. The molecule has 1 aromatic carbocycles. The minimum absolute atomic E-state index is 0.172. The van der Waals surface area contributed by atoms with E-state index < -0.39 is 0 Å². The van der Waals surface area contributed by atoms with Crippen LogP contribution in [0.4, 0.5) is 11.4 Å². The molecule has 0 atom stereocenters. The van der Waals surface area contributed by atoms with E-state index >= 15 is 0 Å². The third kappa shape index (κ3) is 4.32. The average Bonchev–Trinajstić information content (AvgIpc) is 2.46. The summed E-state index contributed by atoms with van der Waals surface area (Å²) in [4.78, 5) is 16.2. The van der Waals surface area contributed by atoms with Crippen LogP contribution < -0.4 is 10.6 Å². The summed E-state index contributed by atoms with van der Waals surface area (Å²) < 4.78 is 0. The molecule has 1 aromatic heterocycles. The minimum atomic E-state index is -0.304. The summed E-state index contributed by atoms with van der Waals surface area (Å²) in [6.07, 6.45) is 3.16. The number of rotatable bonds is 3. The number of aromatic nitrogens is 1. The van der Waals surface area contributed by atoms with E-state index in [4.69, 9.17) is 5.26 Å². The van der Waals surface area contributed by atoms with Crippen LogP contribution in [0.25, 0.3) is 0 Å². The van der Waals surface area contributed by atoms with Crippen LogP contribution in [0.2, 0.25) is 0 Å². The van der Waals surface area contributed by atoms with Crippen LogP contribution in [0.3, 0.4) is 0 Å². The lowest BCUT2D eigenvalue weighted by atomic mass is 10.1. The standard InChI is InChI=1S/C17H18N4O/c1-17(2,3)21-16(22)13-8-15(11-19-10-13)20-14-6-4-5-12(7-14)9-18/h4-8,10-11,20H,1-3H3,(H,21,22). The Balaban J connectivity index is 2.18. The molecule has 22 heavy (non-hydrogen) atoms. The molecule has 0 aliphatic heterocycles. The zero-order chi connectivity index (χ0) is 16.2. The minimum Gasteiger partial charge on any atom is -0.354 e. The molecule has 5 heteroatoms. The van der Waals surface area contributed by atoms with Crippen molar-refractivity contribution in [2.75, 3.05) is 5.32 Å². The van der Waals surface area contributed by atoms with Gasteiger partial charge in [-0.2, -0.15) is 5.26 Å². The summed E-state index contributed by atoms with van der Waals surface area (Å²) >= 11 is 0. The number of hydrogen-bond donors (Lipinski definition) is 2. The summed E-state index contributed by atoms with van der Waals surface area (Å²) in [6, 6.07) is 10.9. The molecule has 0 spiro atoms. The zero-order valence-corrected chi connectivity index (χ0v) is 12.8. The Kier molecular flexibility index (Phi) is 4.42. The van der Waals surface area contributed by atoms with Crippen LogP contribution >= 0.6 is 0 Å². The van der Waals surface area contributed by atoms with E-state index in [1.165, 1.54) is 6.20 Å². The summed E-state index contributed by atoms with van der Waals surface area (Å²) in [5, 5.41) is 14.9. The van der Waals surface area contributed by atoms with Crippen molar-refractivity contribution in [1.29, 1.82) is 5.26 Å². The topological polar surface area (TPSA) is 77.8 Å². The highest BCUT2D eigenvalue weighted by molar-refractivity contribution is 5.95. The van der Waals surface area contributed by atoms with Crippen LogP contribution in [0.15, 0.2) is 42.7 Å². The number of benzene rings is 1. The van der Waals surface area contributed by atoms with Crippen LogP contribution in [-0.2, 0) is 0 Å². The summed E-state index contributed by atoms with van der Waals surface area (Å²) in [6.45, 7) is 5.77. The van der Waals surface area contributed by atoms with Gasteiger partial charge in [0.25, 0.3) is 5.91 Å². The van der Waals surface area contributed by atoms with Crippen molar-refractivity contribution < 1.29 is 4.79 Å². The van der Waals surface area contributed by atoms with E-state index in [1.807, 2.05) is 26.8 Å². The fraction of sp³-hybridized carbons (Fsp3) is 0.235. The van der Waals surface area contributed by atoms with E-state index in [0.717, 1.165) is 5.69 Å². The van der Waals surface area contributed by atoms with E-state index in [9.17, 15) is 4.79 Å². The number of nitrogens with one attached hydrogen (secondary N) is 2. The van der Waals surface area contributed by atoms with E-state index in [-0.39, 0.29) is 11.4 Å². The number of nitriles is 1. The molecule has 2 rings (SSSR count). The lowest BCUT2D eigenvalue weighted by Crippen LogP contribution is -2.40. The zero-order valence-electron chi connectivity index (χ0n) is 12.8. The van der Waals surface area contributed by atoms with Crippen molar-refractivity contribution in [3.63, 3.8) is 0 Å². The van der Waals surface area contributed by atoms with Gasteiger partial charge in [-0.1, -0.05) is 6.07 Å². The molecule has 1 heterocycles. The molecule has 2 N–H and O–H groups in total. The molecule has 0 radical (unpaired) electrons. The van der Waals surface area contributed by atoms with Gasteiger partial charge >= 0.3 is 0 Å². The van der Waals surface area contributed by atoms with Crippen molar-refractivity contribution in [2.45, 2.75) is 26.3 Å². The van der Waals surface area contributed by atoms with Gasteiger partial charge in [-0.15, -0.1) is 0 Å². The van der Waals surface area contributed by atoms with Gasteiger partial charge in [-0.25, -0.2) is 0 Å². The number of nitrogens with zero attached hydrogens (tertiary/aromatic N) is 2. The van der Waals surface area contributed by atoms with Gasteiger partial charge in [0.05, 0.1) is 29.1 Å². The first-order chi connectivity index (χ1) is 10.4. The normalized spacial score (nSPS) is 10.6. The Morgan fingerprint density at radius 1 is 1.18 bits per heavy atom. The lowest BCUT2D eigenvalue weighted by Gasteiger charge is -2.20. The first kappa shape index (κ1) is 15.5. The van der Waals surface area contributed by atoms with Gasteiger partial charge in [0.15, 0.2) is 0 Å². The largest absolute Gasteiger partial charge is 0.354 e. The van der Waals surface area contributed by atoms with Gasteiger partial charge in [0.1, 0.15) is 0 Å². The SMILES string of the molecule is CC(C)(C)NC(=O)c1cncc(Nc2cccc(C#N)c2)c1. The van der Waals surface area contributed by atoms with Gasteiger partial charge in [-0.05, 0) is 45.0 Å². The molecule has 0 aliphatic carbocycles. The number of pyridine rings is 1. The maximum Gasteiger partial charge on any atom is 0.253 e. The van der Waals surface area contributed by atoms with E-state index in [2.05, 4.69) is 21.7 Å². The highest BCUT2D eigenvalue weighted by Gasteiger charge is 2.15. The molecule has 0 fully saturated rings. The highest BCUT2D eigenvalue weighted by Crippen LogP contribution is 2.18. The number of carbonyl (C=O) groups excluding carboxylic acids is 1. The molecule has 2 aromatic rings. The van der Waals surface area contributed by atoms with Gasteiger partial charge in [0.2, 0.25) is 0 Å². The third-order valence-corrected chi connectivity index (χ3v) is 2.77. The van der Waals surface area contributed by atoms with Crippen molar-refractivity contribution in [3.05, 3.63) is 53.9 Å². The molecule has 0 bridgehead atoms. The molecule has 5 nitrogen and oxygen atoms in total. The average molecular weight is 294 g/mol. The van der Waals surface area contributed by atoms with Crippen molar-refractivity contribution in [3.8, 4) is 6.07 Å². The Morgan fingerprint density at radius 2 is 1.95 bits per heavy atom. The number of hydrogen-bond acceptors (Lipinski definition) is 4. The Hall–Kier alpha value is -2.87. The highest BCUT2D eigenvalue weighted by atomic mass is 16.1. The first-order valence-corrected chi connectivity index (χ1v) is 6.92. The van der Waals surface area contributed by atoms with Gasteiger partial charge < -0.3 is 10.6 Å². The smallest absolute Gasteiger partial charge is 0.253 e. The Labute approximate surface area is 130 Å². The third-order valence-electron chi connectivity index (χ3n) is 2.77. The lowest BCUT2D eigenvalue weighted by molar-refractivity contribution is 0.0919. The molecular formula is C17H18N4O. The van der Waals surface area contributed by atoms with Crippen molar-refractivity contribution >= 4 is 17.3 Å². The van der Waals surface area contributed by atoms with Crippen molar-refractivity contribution in [1.82, 2.24) is 10.3 Å². The first-order valence-electron chi connectivity index (χ1n) is 6.92. The van der Waals surface area contributed by atoms with Gasteiger partial charge in [0, 0.05) is 17.4 Å². The second-order valence-electron chi connectivity index (χ2n) is 5.98. The number of amides is 1. The molecular weight excluding hydrogens is 276 g/mol. The maximum atomic E-state index is 12.1. The number of anilines is 2. The summed E-state index contributed by atoms with van der Waals surface area (Å²) in [5.41, 5.74) is 2.21. The maximum absolute atomic E-state index is 12.1. The van der Waals surface area contributed by atoms with Gasteiger partial charge in [-0.3, -0.25) is 9.78 Å². The molecule has 0 saturated heterocycles. The Morgan fingerprint density at radius 3 is 2.64 bits per heavy atom. The summed E-state index contributed by atoms with van der Waals surface area (Å²) in [5.74, 6) is -0.172. The van der Waals surface area contributed by atoms with Crippen LogP contribution in [0, 0.1) is 11.3 Å². The predicted octanol–water partition coefficient (Wildman–Crippen LogP) is 3.23. The van der Waals surface area contributed by atoms with E-state index in [0.29, 0.717) is 16.8 Å². The van der Waals surface area contributed by atoms with Crippen LogP contribution in [0.1, 0.15) is 36.7 Å². The van der Waals surface area contributed by atoms with E-state index in [1.54, 1.807) is 30.5 Å². The second-order valence-corrected chi connectivity index (χ2v) is 5.98. The van der Waals surface area contributed by atoms with Crippen molar-refractivity contribution in [2.24, 2.45) is 0 Å². The molecule has 1 amide bonds. The fourth-order valence-corrected chi connectivity index (χ4v) is 1.88. The second kappa shape index (κ2) is 6.27. The predicted molar refractivity (Wildman–Crippen MR) is 85.9 cm³/mol. The fourth-order valence-electron chi connectivity index (χ4n) is 1.88. The Bertz CT molecular complexity index is 726. The molecule has 112 valence electrons. The molecule has 0 unspecified atom stereocenters. The summed E-state index contributed by atoms with van der Waals surface area (Å²) in [7, 11) is 0. The quantitative estimate of drug-likeness (QED) is 0.911. The molecule has 0 saturated carbocycles. The molecule has 0 aliphatic rings.